The summed E-state index contributed by atoms with van der Waals surface area (Å²) in [5.74, 6) is 0.393. The Bertz CT molecular complexity index is 398. The third-order valence-corrected chi connectivity index (χ3v) is 3.85. The molecule has 2 bridgehead atoms. The lowest BCUT2D eigenvalue weighted by atomic mass is 9.66. The monoisotopic (exact) mass is 217 g/mol. The molecule has 0 amide bonds. The number of hydrogen-bond acceptors (Lipinski definition) is 2. The number of anilines is 1. The Morgan fingerprint density at radius 3 is 2.56 bits per heavy atom. The van der Waals surface area contributed by atoms with E-state index in [2.05, 4.69) is 4.90 Å². The molecule has 16 heavy (non-hydrogen) atoms. The fraction of sp³-hybridized carbons (Fsp3) is 0.462. The van der Waals surface area contributed by atoms with Gasteiger partial charge in [0.15, 0.2) is 0 Å². The molecule has 3 fully saturated rings. The van der Waals surface area contributed by atoms with Crippen LogP contribution in [0.15, 0.2) is 30.3 Å². The van der Waals surface area contributed by atoms with E-state index in [9.17, 15) is 9.90 Å². The number of benzene rings is 1. The van der Waals surface area contributed by atoms with Crippen LogP contribution in [-0.2, 0) is 4.79 Å². The topological polar surface area (TPSA) is 40.5 Å². The maximum absolute atomic E-state index is 11.3. The van der Waals surface area contributed by atoms with Gasteiger partial charge >= 0.3 is 5.97 Å². The van der Waals surface area contributed by atoms with Gasteiger partial charge in [-0.15, -0.1) is 0 Å². The van der Waals surface area contributed by atoms with Crippen LogP contribution in [0.1, 0.15) is 12.8 Å². The molecule has 4 rings (SSSR count). The van der Waals surface area contributed by atoms with Gasteiger partial charge in [0.05, 0.1) is 0 Å². The molecule has 2 aliphatic heterocycles. The van der Waals surface area contributed by atoms with Crippen LogP contribution in [0, 0.1) is 11.8 Å². The normalized spacial score (nSPS) is 32.0. The molecule has 1 aromatic rings. The number of nitrogens with zero attached hydrogens (tertiary/aromatic N) is 1. The zero-order valence-electron chi connectivity index (χ0n) is 9.04. The average Bonchev–Trinajstić information content (AvgIpc) is 2.28. The summed E-state index contributed by atoms with van der Waals surface area (Å²) in [6, 6.07) is 9.58. The number of aliphatic carboxylic acids is 1. The summed E-state index contributed by atoms with van der Waals surface area (Å²) in [5.41, 5.74) is 1.05. The third-order valence-electron chi connectivity index (χ3n) is 3.85. The van der Waals surface area contributed by atoms with Crippen LogP contribution >= 0.6 is 0 Å². The van der Waals surface area contributed by atoms with E-state index in [0.717, 1.165) is 25.1 Å². The minimum absolute atomic E-state index is 0.313. The number of carboxylic acids is 1. The number of hydrogen-bond donors (Lipinski definition) is 1. The molecule has 0 radical (unpaired) electrons. The molecule has 2 saturated heterocycles. The fourth-order valence-electron chi connectivity index (χ4n) is 3.06. The van der Waals surface area contributed by atoms with E-state index in [1.165, 1.54) is 0 Å². The first-order valence-electron chi connectivity index (χ1n) is 5.80. The summed E-state index contributed by atoms with van der Waals surface area (Å²) in [6.07, 6.45) is 2.20. The van der Waals surface area contributed by atoms with E-state index in [1.54, 1.807) is 0 Å². The van der Waals surface area contributed by atoms with Crippen LogP contribution in [0.25, 0.3) is 0 Å². The van der Waals surface area contributed by atoms with Gasteiger partial charge in [-0.05, 0) is 36.8 Å². The molecule has 1 aromatic carbocycles. The first-order valence-corrected chi connectivity index (χ1v) is 5.80. The van der Waals surface area contributed by atoms with Crippen LogP contribution in [0.5, 0.6) is 0 Å². The lowest BCUT2D eigenvalue weighted by molar-refractivity contribution is -0.142. The largest absolute Gasteiger partial charge is 0.480 e. The van der Waals surface area contributed by atoms with Gasteiger partial charge in [-0.1, -0.05) is 18.2 Å². The van der Waals surface area contributed by atoms with Crippen molar-refractivity contribution in [3.63, 3.8) is 0 Å². The summed E-state index contributed by atoms with van der Waals surface area (Å²) in [7, 11) is 0. The van der Waals surface area contributed by atoms with Crippen molar-refractivity contribution in [2.45, 2.75) is 18.9 Å². The van der Waals surface area contributed by atoms with Crippen molar-refractivity contribution in [3.8, 4) is 0 Å². The van der Waals surface area contributed by atoms with Crippen LogP contribution in [0.3, 0.4) is 0 Å². The molecule has 84 valence electrons. The Morgan fingerprint density at radius 2 is 1.94 bits per heavy atom. The Hall–Kier alpha value is -1.51. The second kappa shape index (κ2) is 3.51. The Labute approximate surface area is 94.7 Å². The van der Waals surface area contributed by atoms with Crippen LogP contribution in [0.2, 0.25) is 0 Å². The van der Waals surface area contributed by atoms with E-state index < -0.39 is 5.97 Å². The van der Waals surface area contributed by atoms with Crippen LogP contribution in [0.4, 0.5) is 5.69 Å². The second-order valence-electron chi connectivity index (χ2n) is 4.87. The van der Waals surface area contributed by atoms with Crippen molar-refractivity contribution in [1.29, 1.82) is 0 Å². The maximum atomic E-state index is 11.3. The fourth-order valence-corrected chi connectivity index (χ4v) is 3.06. The van der Waals surface area contributed by atoms with Gasteiger partial charge in [0.25, 0.3) is 0 Å². The Kier molecular flexibility index (Phi) is 2.13. The molecule has 1 atom stereocenters. The predicted molar refractivity (Wildman–Crippen MR) is 61.4 cm³/mol. The highest BCUT2D eigenvalue weighted by Crippen LogP contribution is 2.45. The number of carbonyl (C=O) groups is 1. The minimum Gasteiger partial charge on any atom is -0.480 e. The van der Waals surface area contributed by atoms with E-state index in [4.69, 9.17) is 0 Å². The Balaban J connectivity index is 1.91. The first kappa shape index (κ1) is 9.70. The van der Waals surface area contributed by atoms with Crippen molar-refractivity contribution >= 4 is 11.7 Å². The predicted octanol–water partition coefficient (Wildman–Crippen LogP) is 1.99. The van der Waals surface area contributed by atoms with Gasteiger partial charge in [0, 0.05) is 12.2 Å². The van der Waals surface area contributed by atoms with E-state index >= 15 is 0 Å². The van der Waals surface area contributed by atoms with Gasteiger partial charge in [0.1, 0.15) is 6.04 Å². The lowest BCUT2D eigenvalue weighted by Gasteiger charge is -2.52. The molecule has 1 saturated carbocycles. The van der Waals surface area contributed by atoms with Gasteiger partial charge in [-0.2, -0.15) is 0 Å². The molecule has 0 aromatic heterocycles. The van der Waals surface area contributed by atoms with Crippen molar-refractivity contribution in [2.24, 2.45) is 11.8 Å². The molecule has 3 heteroatoms. The number of para-hydroxylation sites is 1. The molecule has 3 aliphatic rings. The standard InChI is InChI=1S/C13H15NO2/c15-13(16)12-10-6-9(7-10)8-14(12)11-4-2-1-3-5-11/h1-5,9-10,12H,6-8H2,(H,15,16). The molecule has 3 nitrogen and oxygen atoms in total. The first-order chi connectivity index (χ1) is 7.75. The van der Waals surface area contributed by atoms with Crippen molar-refractivity contribution < 1.29 is 9.90 Å². The van der Waals surface area contributed by atoms with Crippen molar-refractivity contribution in [1.82, 2.24) is 0 Å². The van der Waals surface area contributed by atoms with Gasteiger partial charge in [-0.3, -0.25) is 0 Å². The summed E-state index contributed by atoms with van der Waals surface area (Å²) in [6.45, 7) is 0.900. The Morgan fingerprint density at radius 1 is 1.25 bits per heavy atom. The highest BCUT2D eigenvalue weighted by atomic mass is 16.4. The zero-order chi connectivity index (χ0) is 11.1. The second-order valence-corrected chi connectivity index (χ2v) is 4.87. The van der Waals surface area contributed by atoms with Gasteiger partial charge in [-0.25, -0.2) is 4.79 Å². The highest BCUT2D eigenvalue weighted by molar-refractivity contribution is 5.79. The van der Waals surface area contributed by atoms with E-state index in [-0.39, 0.29) is 6.04 Å². The van der Waals surface area contributed by atoms with E-state index in [1.807, 2.05) is 30.3 Å². The lowest BCUT2D eigenvalue weighted by Crippen LogP contribution is -2.59. The number of rotatable bonds is 2. The quantitative estimate of drug-likeness (QED) is 0.823. The SMILES string of the molecule is O=C(O)C1C2CC(C2)CN1c1ccccc1. The van der Waals surface area contributed by atoms with Crippen molar-refractivity contribution in [3.05, 3.63) is 30.3 Å². The number of piperidine rings is 2. The van der Waals surface area contributed by atoms with Crippen LogP contribution < -0.4 is 4.90 Å². The molecular weight excluding hydrogens is 202 g/mol. The highest BCUT2D eigenvalue weighted by Gasteiger charge is 2.47. The van der Waals surface area contributed by atoms with Gasteiger partial charge < -0.3 is 10.0 Å². The summed E-state index contributed by atoms with van der Waals surface area (Å²) in [4.78, 5) is 13.4. The third kappa shape index (κ3) is 1.39. The number of fused-ring (bicyclic) bond motifs is 2. The summed E-state index contributed by atoms with van der Waals surface area (Å²) < 4.78 is 0. The molecule has 1 aliphatic carbocycles. The smallest absolute Gasteiger partial charge is 0.326 e. The van der Waals surface area contributed by atoms with Crippen LogP contribution in [-0.4, -0.2) is 23.7 Å². The minimum atomic E-state index is -0.674. The maximum Gasteiger partial charge on any atom is 0.326 e. The van der Waals surface area contributed by atoms with E-state index in [0.29, 0.717) is 11.8 Å². The molecule has 2 heterocycles. The number of carboxylic acid groups (broad SMARTS) is 1. The molecular formula is C13H15NO2. The summed E-state index contributed by atoms with van der Waals surface area (Å²) >= 11 is 0. The zero-order valence-corrected chi connectivity index (χ0v) is 9.04. The summed E-state index contributed by atoms with van der Waals surface area (Å²) in [5, 5.41) is 9.32. The van der Waals surface area contributed by atoms with Crippen molar-refractivity contribution in [2.75, 3.05) is 11.4 Å². The molecule has 1 unspecified atom stereocenters. The average molecular weight is 217 g/mol. The van der Waals surface area contributed by atoms with Gasteiger partial charge in [0.2, 0.25) is 0 Å². The molecule has 1 N–H and O–H groups in total. The molecule has 0 spiro atoms.